The maximum Gasteiger partial charge on any atom is 0.437 e. The van der Waals surface area contributed by atoms with Crippen molar-refractivity contribution < 1.29 is 38.8 Å². The van der Waals surface area contributed by atoms with Crippen LogP contribution in [0.3, 0.4) is 0 Å². The zero-order chi connectivity index (χ0) is 28.7. The van der Waals surface area contributed by atoms with Crippen LogP contribution in [-0.4, -0.2) is 68.0 Å². The fraction of sp³-hybridized carbons (Fsp3) is 0.538. The molecule has 3 N–H and O–H groups in total. The molecule has 0 aliphatic carbocycles. The third-order valence-electron chi connectivity index (χ3n) is 4.87. The molecule has 0 unspecified atom stereocenters. The first kappa shape index (κ1) is 30.4. The number of amides is 2. The minimum Gasteiger partial charge on any atom is -0.490 e. The van der Waals surface area contributed by atoms with Gasteiger partial charge in [0.1, 0.15) is 23.6 Å². The highest BCUT2D eigenvalue weighted by atomic mass is 16.6. The number of benzene rings is 1. The minimum atomic E-state index is -1.62. The molecular formula is C26H38N4O8. The van der Waals surface area contributed by atoms with Crippen LogP contribution in [0.5, 0.6) is 5.75 Å². The van der Waals surface area contributed by atoms with Gasteiger partial charge in [-0.05, 0) is 77.8 Å². The van der Waals surface area contributed by atoms with Gasteiger partial charge in [0, 0.05) is 26.3 Å². The molecule has 38 heavy (non-hydrogen) atoms. The van der Waals surface area contributed by atoms with Crippen molar-refractivity contribution in [3.63, 3.8) is 0 Å². The van der Waals surface area contributed by atoms with E-state index < -0.39 is 35.5 Å². The summed E-state index contributed by atoms with van der Waals surface area (Å²) in [4.78, 5) is 39.4. The van der Waals surface area contributed by atoms with Gasteiger partial charge in [0.05, 0.1) is 5.69 Å². The Labute approximate surface area is 221 Å². The summed E-state index contributed by atoms with van der Waals surface area (Å²) < 4.78 is 19.5. The highest BCUT2D eigenvalue weighted by molar-refractivity contribution is 5.72. The SMILES string of the molecule is Cn1c(-c2ccc(OC[C@@H](O)C(=O)O)cc2)cn(CCCNC(=O)OC(C)(C)C)/c1=N\C(=O)OC(C)(C)C. The number of alkyl carbamates (subject to hydrolysis) is 1. The Bertz CT molecular complexity index is 1180. The van der Waals surface area contributed by atoms with Gasteiger partial charge < -0.3 is 38.9 Å². The lowest BCUT2D eigenvalue weighted by atomic mass is 10.1. The molecule has 0 bridgehead atoms. The third kappa shape index (κ3) is 9.92. The zero-order valence-electron chi connectivity index (χ0n) is 23.0. The van der Waals surface area contributed by atoms with E-state index in [-0.39, 0.29) is 6.61 Å². The number of nitrogens with zero attached hydrogens (tertiary/aromatic N) is 3. The van der Waals surface area contributed by atoms with Gasteiger partial charge in [-0.3, -0.25) is 0 Å². The van der Waals surface area contributed by atoms with Crippen LogP contribution < -0.4 is 15.7 Å². The molecule has 0 spiro atoms. The minimum absolute atomic E-state index is 0.353. The molecular weight excluding hydrogens is 496 g/mol. The Kier molecular flexibility index (Phi) is 10.1. The smallest absolute Gasteiger partial charge is 0.437 e. The second-order valence-electron chi connectivity index (χ2n) is 10.6. The number of rotatable bonds is 9. The fourth-order valence-electron chi connectivity index (χ4n) is 3.25. The normalized spacial score (nSPS) is 13.1. The number of nitrogens with one attached hydrogen (secondary N) is 1. The van der Waals surface area contributed by atoms with Gasteiger partial charge in [0.2, 0.25) is 5.62 Å². The summed E-state index contributed by atoms with van der Waals surface area (Å²) in [5.74, 6) is -0.972. The monoisotopic (exact) mass is 534 g/mol. The average Bonchev–Trinajstić information content (AvgIpc) is 3.08. The number of aromatic nitrogens is 2. The zero-order valence-corrected chi connectivity index (χ0v) is 23.0. The predicted molar refractivity (Wildman–Crippen MR) is 139 cm³/mol. The molecule has 0 saturated carbocycles. The van der Waals surface area contributed by atoms with Crippen LogP contribution in [0.15, 0.2) is 35.5 Å². The molecule has 2 amide bonds. The predicted octanol–water partition coefficient (Wildman–Crippen LogP) is 3.07. The topological polar surface area (TPSA) is 154 Å². The Morgan fingerprint density at radius 2 is 1.63 bits per heavy atom. The number of aliphatic hydroxyl groups is 1. The molecule has 0 saturated heterocycles. The highest BCUT2D eigenvalue weighted by Crippen LogP contribution is 2.22. The first-order chi connectivity index (χ1) is 17.6. The second kappa shape index (κ2) is 12.6. The summed E-state index contributed by atoms with van der Waals surface area (Å²) in [5, 5.41) is 20.9. The molecule has 2 aromatic rings. The highest BCUT2D eigenvalue weighted by Gasteiger charge is 2.18. The van der Waals surface area contributed by atoms with Crippen molar-refractivity contribution >= 4 is 18.2 Å². The molecule has 1 heterocycles. The largest absolute Gasteiger partial charge is 0.490 e. The average molecular weight is 535 g/mol. The number of carbonyl (C=O) groups is 3. The molecule has 210 valence electrons. The summed E-state index contributed by atoms with van der Waals surface area (Å²) in [6, 6.07) is 6.83. The standard InChI is InChI=1S/C26H38N4O8/c1-25(2,3)37-23(34)27-13-8-14-30-15-19(29(7)22(30)28-24(35)38-26(4,5)6)17-9-11-18(12-10-17)36-16-20(31)21(32)33/h9-12,15,20,31H,8,13-14,16H2,1-7H3,(H,27,34)(H,32,33)/b28-22-/t20-/m1/s1. The van der Waals surface area contributed by atoms with Crippen LogP contribution in [0.1, 0.15) is 48.0 Å². The van der Waals surface area contributed by atoms with E-state index in [1.165, 1.54) is 0 Å². The van der Waals surface area contributed by atoms with E-state index in [2.05, 4.69) is 10.3 Å². The number of ether oxygens (including phenoxy) is 3. The number of hydrogen-bond acceptors (Lipinski definition) is 7. The lowest BCUT2D eigenvalue weighted by Crippen LogP contribution is -2.34. The number of aliphatic carboxylic acids is 1. The second-order valence-corrected chi connectivity index (χ2v) is 10.6. The van der Waals surface area contributed by atoms with Crippen molar-refractivity contribution in [2.45, 2.75) is 71.8 Å². The molecule has 2 rings (SSSR count). The van der Waals surface area contributed by atoms with E-state index >= 15 is 0 Å². The Morgan fingerprint density at radius 1 is 1.03 bits per heavy atom. The van der Waals surface area contributed by atoms with Crippen molar-refractivity contribution in [1.29, 1.82) is 0 Å². The molecule has 1 aromatic carbocycles. The lowest BCUT2D eigenvalue weighted by molar-refractivity contribution is -0.148. The maximum atomic E-state index is 12.5. The van der Waals surface area contributed by atoms with Crippen LogP contribution in [0.25, 0.3) is 11.3 Å². The van der Waals surface area contributed by atoms with Crippen molar-refractivity contribution in [3.05, 3.63) is 36.1 Å². The summed E-state index contributed by atoms with van der Waals surface area (Å²) in [6.45, 7) is 11.1. The van der Waals surface area contributed by atoms with E-state index in [1.54, 1.807) is 82.0 Å². The number of aliphatic hydroxyl groups excluding tert-OH is 1. The number of carbonyl (C=O) groups excluding carboxylic acids is 2. The fourth-order valence-corrected chi connectivity index (χ4v) is 3.25. The molecule has 1 aromatic heterocycles. The first-order valence-electron chi connectivity index (χ1n) is 12.2. The van der Waals surface area contributed by atoms with Crippen LogP contribution >= 0.6 is 0 Å². The van der Waals surface area contributed by atoms with Gasteiger partial charge in [0.15, 0.2) is 6.10 Å². The van der Waals surface area contributed by atoms with Crippen LogP contribution in [0.4, 0.5) is 9.59 Å². The van der Waals surface area contributed by atoms with Gasteiger partial charge in [-0.25, -0.2) is 14.4 Å². The van der Waals surface area contributed by atoms with E-state index in [0.29, 0.717) is 30.9 Å². The molecule has 12 heteroatoms. The molecule has 1 atom stereocenters. The Hall–Kier alpha value is -3.80. The molecule has 0 fully saturated rings. The van der Waals surface area contributed by atoms with E-state index in [1.807, 2.05) is 6.20 Å². The lowest BCUT2D eigenvalue weighted by Gasteiger charge is -2.19. The number of aryl methyl sites for hydroxylation is 1. The van der Waals surface area contributed by atoms with Crippen molar-refractivity contribution in [2.75, 3.05) is 13.2 Å². The van der Waals surface area contributed by atoms with Crippen LogP contribution in [0.2, 0.25) is 0 Å². The van der Waals surface area contributed by atoms with Crippen LogP contribution in [-0.2, 0) is 27.9 Å². The Morgan fingerprint density at radius 3 is 2.18 bits per heavy atom. The third-order valence-corrected chi connectivity index (χ3v) is 4.87. The number of hydrogen-bond donors (Lipinski definition) is 3. The molecule has 0 aliphatic rings. The van der Waals surface area contributed by atoms with Gasteiger partial charge >= 0.3 is 18.2 Å². The molecule has 0 radical (unpaired) electrons. The van der Waals surface area contributed by atoms with Crippen molar-refractivity contribution in [2.24, 2.45) is 12.0 Å². The number of carboxylic acids is 1. The van der Waals surface area contributed by atoms with Crippen molar-refractivity contribution in [1.82, 2.24) is 14.5 Å². The molecule has 0 aliphatic heterocycles. The number of carboxylic acid groups (broad SMARTS) is 1. The van der Waals surface area contributed by atoms with Crippen molar-refractivity contribution in [3.8, 4) is 17.0 Å². The van der Waals surface area contributed by atoms with Gasteiger partial charge in [-0.1, -0.05) is 0 Å². The summed E-state index contributed by atoms with van der Waals surface area (Å²) >= 11 is 0. The maximum absolute atomic E-state index is 12.5. The summed E-state index contributed by atoms with van der Waals surface area (Å²) in [7, 11) is 1.77. The first-order valence-corrected chi connectivity index (χ1v) is 12.2. The number of imidazole rings is 1. The quantitative estimate of drug-likeness (QED) is 0.415. The Balaban J connectivity index is 2.26. The van der Waals surface area contributed by atoms with Gasteiger partial charge in [0.25, 0.3) is 0 Å². The summed E-state index contributed by atoms with van der Waals surface area (Å²) in [6.07, 6.45) is -0.480. The molecule has 12 nitrogen and oxygen atoms in total. The van der Waals surface area contributed by atoms with Crippen LogP contribution in [0, 0.1) is 0 Å². The van der Waals surface area contributed by atoms with Gasteiger partial charge in [-0.2, -0.15) is 0 Å². The van der Waals surface area contributed by atoms with E-state index in [9.17, 15) is 19.5 Å². The van der Waals surface area contributed by atoms with E-state index in [0.717, 1.165) is 11.3 Å². The summed E-state index contributed by atoms with van der Waals surface area (Å²) in [5.41, 5.74) is 0.579. The van der Waals surface area contributed by atoms with Gasteiger partial charge in [-0.15, -0.1) is 4.99 Å². The van der Waals surface area contributed by atoms with E-state index in [4.69, 9.17) is 19.3 Å².